The number of likely N-dealkylation sites (tertiary alicyclic amines) is 1. The van der Waals surface area contributed by atoms with Crippen LogP contribution in [0.25, 0.3) is 0 Å². The monoisotopic (exact) mass is 262 g/mol. The van der Waals surface area contributed by atoms with Crippen molar-refractivity contribution in [3.63, 3.8) is 0 Å². The molecule has 102 valence electrons. The molecule has 1 heterocycles. The molecule has 1 saturated heterocycles. The molecule has 0 aliphatic carbocycles. The average Bonchev–Trinajstić information content (AvgIpc) is 2.25. The molecule has 4 nitrogen and oxygen atoms in total. The van der Waals surface area contributed by atoms with E-state index in [9.17, 15) is 8.42 Å². The Labute approximate surface area is 105 Å². The highest BCUT2D eigenvalue weighted by molar-refractivity contribution is 7.92. The summed E-state index contributed by atoms with van der Waals surface area (Å²) in [6.45, 7) is 7.54. The van der Waals surface area contributed by atoms with E-state index < -0.39 is 14.6 Å². The standard InChI is InChI=1S/C12H26N2O2S/c1-12(2,3)17(15,16)9-8-14-7-5-4-6-11(14)10-13/h11H,4-10,13H2,1-3H3. The highest BCUT2D eigenvalue weighted by Gasteiger charge is 2.30. The molecule has 1 fully saturated rings. The van der Waals surface area contributed by atoms with Crippen molar-refractivity contribution < 1.29 is 8.42 Å². The smallest absolute Gasteiger partial charge is 0.156 e. The molecule has 0 amide bonds. The number of nitrogens with zero attached hydrogens (tertiary/aromatic N) is 1. The third-order valence-corrected chi connectivity index (χ3v) is 6.19. The van der Waals surface area contributed by atoms with Crippen molar-refractivity contribution >= 4 is 9.84 Å². The lowest BCUT2D eigenvalue weighted by Crippen LogP contribution is -2.47. The first-order valence-electron chi connectivity index (χ1n) is 6.44. The maximum Gasteiger partial charge on any atom is 0.156 e. The first-order chi connectivity index (χ1) is 7.78. The van der Waals surface area contributed by atoms with Crippen LogP contribution in [-0.2, 0) is 9.84 Å². The van der Waals surface area contributed by atoms with E-state index >= 15 is 0 Å². The Balaban J connectivity index is 2.55. The lowest BCUT2D eigenvalue weighted by Gasteiger charge is -2.35. The van der Waals surface area contributed by atoms with Crippen LogP contribution in [0.1, 0.15) is 40.0 Å². The van der Waals surface area contributed by atoms with Gasteiger partial charge >= 0.3 is 0 Å². The second-order valence-corrected chi connectivity index (χ2v) is 8.72. The summed E-state index contributed by atoms with van der Waals surface area (Å²) < 4.78 is 23.4. The largest absolute Gasteiger partial charge is 0.329 e. The molecule has 1 aliphatic rings. The fourth-order valence-electron chi connectivity index (χ4n) is 2.16. The van der Waals surface area contributed by atoms with Gasteiger partial charge in [0.05, 0.1) is 10.5 Å². The third-order valence-electron chi connectivity index (χ3n) is 3.60. The van der Waals surface area contributed by atoms with E-state index in [2.05, 4.69) is 4.90 Å². The summed E-state index contributed by atoms with van der Waals surface area (Å²) in [6.07, 6.45) is 3.47. The van der Waals surface area contributed by atoms with E-state index in [1.165, 1.54) is 6.42 Å². The van der Waals surface area contributed by atoms with Crippen molar-refractivity contribution in [1.82, 2.24) is 4.90 Å². The SMILES string of the molecule is CC(C)(C)S(=O)(=O)CCN1CCCCC1CN. The van der Waals surface area contributed by atoms with Crippen LogP contribution < -0.4 is 5.73 Å². The van der Waals surface area contributed by atoms with Crippen LogP contribution >= 0.6 is 0 Å². The maximum atomic E-state index is 12.0. The van der Waals surface area contributed by atoms with Gasteiger partial charge in [-0.3, -0.25) is 4.90 Å². The summed E-state index contributed by atoms with van der Waals surface area (Å²) in [6, 6.07) is 0.374. The average molecular weight is 262 g/mol. The van der Waals surface area contributed by atoms with Crippen molar-refractivity contribution in [3.8, 4) is 0 Å². The minimum Gasteiger partial charge on any atom is -0.329 e. The minimum atomic E-state index is -3.01. The quantitative estimate of drug-likeness (QED) is 0.821. The zero-order chi connectivity index (χ0) is 13.1. The van der Waals surface area contributed by atoms with E-state index in [1.807, 2.05) is 0 Å². The number of rotatable bonds is 4. The number of hydrogen-bond donors (Lipinski definition) is 1. The highest BCUT2D eigenvalue weighted by Crippen LogP contribution is 2.19. The van der Waals surface area contributed by atoms with Crippen molar-refractivity contribution in [1.29, 1.82) is 0 Å². The first kappa shape index (κ1) is 14.9. The molecule has 0 radical (unpaired) electrons. The van der Waals surface area contributed by atoms with E-state index in [0.717, 1.165) is 19.4 Å². The summed E-state index contributed by atoms with van der Waals surface area (Å²) in [4.78, 5) is 2.24. The highest BCUT2D eigenvalue weighted by atomic mass is 32.2. The molecule has 1 rings (SSSR count). The molecule has 1 atom stereocenters. The summed E-state index contributed by atoms with van der Waals surface area (Å²) in [5.74, 6) is 0.243. The van der Waals surface area contributed by atoms with Crippen LogP contribution in [0, 0.1) is 0 Å². The van der Waals surface area contributed by atoms with Crippen LogP contribution in [0.15, 0.2) is 0 Å². The fourth-order valence-corrected chi connectivity index (χ4v) is 3.25. The topological polar surface area (TPSA) is 63.4 Å². The van der Waals surface area contributed by atoms with Gasteiger partial charge in [-0.25, -0.2) is 8.42 Å². The molecular weight excluding hydrogens is 236 g/mol. The van der Waals surface area contributed by atoms with Gasteiger partial charge in [-0.2, -0.15) is 0 Å². The van der Waals surface area contributed by atoms with Gasteiger partial charge in [-0.1, -0.05) is 6.42 Å². The zero-order valence-electron chi connectivity index (χ0n) is 11.3. The second kappa shape index (κ2) is 5.67. The Bertz CT molecular complexity index is 333. The summed E-state index contributed by atoms with van der Waals surface area (Å²) in [5.41, 5.74) is 5.73. The predicted molar refractivity (Wildman–Crippen MR) is 71.8 cm³/mol. The normalized spacial score (nSPS) is 23.9. The molecule has 0 aromatic heterocycles. The lowest BCUT2D eigenvalue weighted by atomic mass is 10.0. The fraction of sp³-hybridized carbons (Fsp3) is 1.00. The Kier molecular flexibility index (Phi) is 4.98. The lowest BCUT2D eigenvalue weighted by molar-refractivity contribution is 0.162. The third kappa shape index (κ3) is 3.93. The van der Waals surface area contributed by atoms with Crippen molar-refractivity contribution in [2.24, 2.45) is 5.73 Å². The molecule has 0 saturated carbocycles. The molecule has 0 bridgehead atoms. The molecule has 1 aliphatic heterocycles. The van der Waals surface area contributed by atoms with Gasteiger partial charge < -0.3 is 5.73 Å². The molecule has 17 heavy (non-hydrogen) atoms. The number of sulfone groups is 1. The minimum absolute atomic E-state index is 0.243. The molecular formula is C12H26N2O2S. The van der Waals surface area contributed by atoms with Crippen molar-refractivity contribution in [3.05, 3.63) is 0 Å². The summed E-state index contributed by atoms with van der Waals surface area (Å²) in [7, 11) is -3.01. The van der Waals surface area contributed by atoms with Crippen LogP contribution in [0.5, 0.6) is 0 Å². The summed E-state index contributed by atoms with van der Waals surface area (Å²) in [5, 5.41) is 0. The first-order valence-corrected chi connectivity index (χ1v) is 8.09. The summed E-state index contributed by atoms with van der Waals surface area (Å²) >= 11 is 0. The molecule has 2 N–H and O–H groups in total. The Morgan fingerprint density at radius 2 is 1.94 bits per heavy atom. The van der Waals surface area contributed by atoms with Crippen LogP contribution in [0.2, 0.25) is 0 Å². The Hall–Kier alpha value is -0.130. The van der Waals surface area contributed by atoms with Gasteiger partial charge in [-0.05, 0) is 40.2 Å². The zero-order valence-corrected chi connectivity index (χ0v) is 12.1. The van der Waals surface area contributed by atoms with E-state index in [-0.39, 0.29) is 5.75 Å². The molecule has 0 aromatic carbocycles. The second-order valence-electron chi connectivity index (χ2n) is 5.85. The molecule has 0 spiro atoms. The van der Waals surface area contributed by atoms with Gasteiger partial charge in [0.15, 0.2) is 9.84 Å². The van der Waals surface area contributed by atoms with Crippen LogP contribution in [-0.4, -0.2) is 49.5 Å². The van der Waals surface area contributed by atoms with Gasteiger partial charge in [-0.15, -0.1) is 0 Å². The molecule has 0 aromatic rings. The maximum absolute atomic E-state index is 12.0. The van der Waals surface area contributed by atoms with E-state index in [4.69, 9.17) is 5.73 Å². The van der Waals surface area contributed by atoms with Gasteiger partial charge in [0.1, 0.15) is 0 Å². The molecule has 1 unspecified atom stereocenters. The predicted octanol–water partition coefficient (Wildman–Crippen LogP) is 1.01. The molecule has 5 heteroatoms. The van der Waals surface area contributed by atoms with E-state index in [0.29, 0.717) is 19.1 Å². The van der Waals surface area contributed by atoms with E-state index in [1.54, 1.807) is 20.8 Å². The van der Waals surface area contributed by atoms with Crippen molar-refractivity contribution in [2.45, 2.75) is 50.8 Å². The van der Waals surface area contributed by atoms with Gasteiger partial charge in [0.25, 0.3) is 0 Å². The van der Waals surface area contributed by atoms with Gasteiger partial charge in [0.2, 0.25) is 0 Å². The van der Waals surface area contributed by atoms with Crippen LogP contribution in [0.4, 0.5) is 0 Å². The van der Waals surface area contributed by atoms with Crippen LogP contribution in [0.3, 0.4) is 0 Å². The van der Waals surface area contributed by atoms with Gasteiger partial charge in [0, 0.05) is 19.1 Å². The number of nitrogens with two attached hydrogens (primary N) is 1. The van der Waals surface area contributed by atoms with Crippen molar-refractivity contribution in [2.75, 3.05) is 25.4 Å². The number of piperidine rings is 1. The number of hydrogen-bond acceptors (Lipinski definition) is 4. The Morgan fingerprint density at radius 3 is 2.47 bits per heavy atom. The Morgan fingerprint density at radius 1 is 1.29 bits per heavy atom.